The molecule has 1 saturated heterocycles. The van der Waals surface area contributed by atoms with Gasteiger partial charge in [0.1, 0.15) is 0 Å². The normalized spacial score (nSPS) is 22.9. The molecule has 4 nitrogen and oxygen atoms in total. The molecule has 2 heterocycles. The van der Waals surface area contributed by atoms with Crippen LogP contribution in [0.3, 0.4) is 0 Å². The predicted molar refractivity (Wildman–Crippen MR) is 88.7 cm³/mol. The monoisotopic (exact) mass is 325 g/mol. The number of aliphatic imine (C=N–C) groups is 1. The summed E-state index contributed by atoms with van der Waals surface area (Å²) in [7, 11) is 0. The van der Waals surface area contributed by atoms with Crippen LogP contribution in [0.5, 0.6) is 0 Å². The Morgan fingerprint density at radius 1 is 1.38 bits per heavy atom. The van der Waals surface area contributed by atoms with E-state index in [1.54, 1.807) is 11.8 Å². The van der Waals surface area contributed by atoms with Gasteiger partial charge in [0.2, 0.25) is 0 Å². The largest absolute Gasteiger partial charge is 0.377 e. The molecule has 0 bridgehead atoms. The van der Waals surface area contributed by atoms with E-state index in [1.165, 1.54) is 18.4 Å². The highest BCUT2D eigenvalue weighted by Gasteiger charge is 2.20. The highest BCUT2D eigenvalue weighted by atomic mass is 35.5. The first kappa shape index (κ1) is 15.2. The number of hydrogen-bond donors (Lipinski definition) is 1. The zero-order chi connectivity index (χ0) is 14.5. The molecule has 114 valence electrons. The van der Waals surface area contributed by atoms with Gasteiger partial charge in [-0.1, -0.05) is 35.5 Å². The lowest BCUT2D eigenvalue weighted by molar-refractivity contribution is 0.0717. The molecule has 1 atom stereocenters. The van der Waals surface area contributed by atoms with Crippen LogP contribution in [-0.2, 0) is 10.5 Å². The molecule has 2 aliphatic heterocycles. The van der Waals surface area contributed by atoms with Crippen LogP contribution in [0.2, 0.25) is 5.02 Å². The highest BCUT2D eigenvalue weighted by molar-refractivity contribution is 8.13. The molecule has 0 amide bonds. The average Bonchev–Trinajstić information content (AvgIpc) is 3.01. The predicted octanol–water partition coefficient (Wildman–Crippen LogP) is 2.93. The third-order valence-corrected chi connectivity index (χ3v) is 4.92. The number of benzene rings is 1. The van der Waals surface area contributed by atoms with Crippen molar-refractivity contribution in [2.75, 3.05) is 26.5 Å². The average molecular weight is 326 g/mol. The summed E-state index contributed by atoms with van der Waals surface area (Å²) in [5.41, 5.74) is 1.26. The first-order valence-electron chi connectivity index (χ1n) is 7.29. The number of ether oxygens (including phenoxy) is 1. The minimum absolute atomic E-state index is 0.394. The molecule has 21 heavy (non-hydrogen) atoms. The lowest BCUT2D eigenvalue weighted by Crippen LogP contribution is -2.44. The fourth-order valence-corrected chi connectivity index (χ4v) is 3.41. The molecule has 0 radical (unpaired) electrons. The fourth-order valence-electron chi connectivity index (χ4n) is 2.48. The number of nitrogens with one attached hydrogen (secondary N) is 1. The second kappa shape index (κ2) is 7.49. The topological polar surface area (TPSA) is 36.9 Å². The van der Waals surface area contributed by atoms with Gasteiger partial charge in [-0.05, 0) is 30.5 Å². The van der Waals surface area contributed by atoms with Gasteiger partial charge in [-0.15, -0.1) is 0 Å². The molecule has 6 heteroatoms. The van der Waals surface area contributed by atoms with Crippen molar-refractivity contribution in [2.24, 2.45) is 4.99 Å². The molecule has 1 fully saturated rings. The lowest BCUT2D eigenvalue weighted by atomic mass is 10.2. The summed E-state index contributed by atoms with van der Waals surface area (Å²) in [4.78, 5) is 6.89. The first-order chi connectivity index (χ1) is 10.3. The van der Waals surface area contributed by atoms with Gasteiger partial charge in [0.05, 0.1) is 19.4 Å². The van der Waals surface area contributed by atoms with Crippen molar-refractivity contribution in [3.8, 4) is 0 Å². The van der Waals surface area contributed by atoms with Crippen LogP contribution in [-0.4, -0.2) is 42.7 Å². The Morgan fingerprint density at radius 2 is 2.24 bits per heavy atom. The molecular weight excluding hydrogens is 306 g/mol. The van der Waals surface area contributed by atoms with E-state index in [4.69, 9.17) is 16.3 Å². The van der Waals surface area contributed by atoms with E-state index < -0.39 is 0 Å². The molecule has 1 unspecified atom stereocenters. The van der Waals surface area contributed by atoms with Crippen LogP contribution in [0, 0.1) is 0 Å². The van der Waals surface area contributed by atoms with Gasteiger partial charge in [0.25, 0.3) is 0 Å². The number of amidine groups is 1. The number of thioether (sulfide) groups is 1. The number of rotatable bonds is 4. The van der Waals surface area contributed by atoms with Crippen molar-refractivity contribution in [3.63, 3.8) is 0 Å². The highest BCUT2D eigenvalue weighted by Crippen LogP contribution is 2.18. The maximum absolute atomic E-state index is 5.89. The number of halogens is 1. The van der Waals surface area contributed by atoms with Crippen molar-refractivity contribution in [3.05, 3.63) is 34.9 Å². The van der Waals surface area contributed by atoms with Crippen LogP contribution in [0.25, 0.3) is 0 Å². The Labute approximate surface area is 134 Å². The maximum atomic E-state index is 5.89. The van der Waals surface area contributed by atoms with Gasteiger partial charge >= 0.3 is 0 Å². The minimum Gasteiger partial charge on any atom is -0.377 e. The Hall–Kier alpha value is -0.750. The van der Waals surface area contributed by atoms with Gasteiger partial charge in [-0.25, -0.2) is 4.99 Å². The van der Waals surface area contributed by atoms with Crippen LogP contribution < -0.4 is 5.32 Å². The Bertz CT molecular complexity index is 488. The minimum atomic E-state index is 0.394. The number of nitrogens with zero attached hydrogens (tertiary/aromatic N) is 2. The molecule has 1 aromatic carbocycles. The van der Waals surface area contributed by atoms with Gasteiger partial charge in [0.15, 0.2) is 5.17 Å². The molecular formula is C15H20ClN3OS. The zero-order valence-corrected chi connectivity index (χ0v) is 13.5. The second-order valence-corrected chi connectivity index (χ2v) is 6.74. The SMILES string of the molecule is Clc1ccc(CSC2=NCN(CC3CCCO3)CN2)cc1. The Morgan fingerprint density at radius 3 is 2.90 bits per heavy atom. The summed E-state index contributed by atoms with van der Waals surface area (Å²) in [5.74, 6) is 0.911. The molecule has 0 saturated carbocycles. The van der Waals surface area contributed by atoms with E-state index in [9.17, 15) is 0 Å². The molecule has 0 spiro atoms. The number of hydrogen-bond acceptors (Lipinski definition) is 5. The lowest BCUT2D eigenvalue weighted by Gasteiger charge is -2.28. The van der Waals surface area contributed by atoms with E-state index in [0.29, 0.717) is 6.10 Å². The van der Waals surface area contributed by atoms with Crippen LogP contribution in [0.15, 0.2) is 29.3 Å². The Kier molecular flexibility index (Phi) is 5.41. The van der Waals surface area contributed by atoms with E-state index in [-0.39, 0.29) is 0 Å². The van der Waals surface area contributed by atoms with Crippen molar-refractivity contribution in [1.82, 2.24) is 10.2 Å². The third-order valence-electron chi connectivity index (χ3n) is 3.64. The quantitative estimate of drug-likeness (QED) is 0.923. The Balaban J connectivity index is 1.43. The summed E-state index contributed by atoms with van der Waals surface area (Å²) >= 11 is 7.63. The van der Waals surface area contributed by atoms with E-state index >= 15 is 0 Å². The van der Waals surface area contributed by atoms with Crippen molar-refractivity contribution < 1.29 is 4.74 Å². The standard InChI is InChI=1S/C15H20ClN3OS/c16-13-5-3-12(4-6-13)9-21-15-17-10-19(11-18-15)8-14-2-1-7-20-14/h3-6,14H,1-2,7-11H2,(H,17,18). The smallest absolute Gasteiger partial charge is 0.159 e. The molecule has 3 rings (SSSR count). The summed E-state index contributed by atoms with van der Waals surface area (Å²) in [6.07, 6.45) is 2.76. The summed E-state index contributed by atoms with van der Waals surface area (Å²) in [6.45, 7) is 3.51. The molecule has 0 aliphatic carbocycles. The summed E-state index contributed by atoms with van der Waals surface area (Å²) in [5, 5.41) is 5.18. The van der Waals surface area contributed by atoms with E-state index in [1.807, 2.05) is 12.1 Å². The van der Waals surface area contributed by atoms with Gasteiger partial charge in [-0.3, -0.25) is 4.90 Å². The first-order valence-corrected chi connectivity index (χ1v) is 8.65. The van der Waals surface area contributed by atoms with Gasteiger partial charge in [0, 0.05) is 23.9 Å². The van der Waals surface area contributed by atoms with Crippen LogP contribution >= 0.6 is 23.4 Å². The molecule has 1 N–H and O–H groups in total. The van der Waals surface area contributed by atoms with Crippen molar-refractivity contribution >= 4 is 28.5 Å². The van der Waals surface area contributed by atoms with Gasteiger partial charge in [-0.2, -0.15) is 0 Å². The maximum Gasteiger partial charge on any atom is 0.159 e. The third kappa shape index (κ3) is 4.61. The fraction of sp³-hybridized carbons (Fsp3) is 0.533. The zero-order valence-electron chi connectivity index (χ0n) is 11.9. The van der Waals surface area contributed by atoms with Gasteiger partial charge < -0.3 is 10.1 Å². The molecule has 1 aromatic rings. The van der Waals surface area contributed by atoms with Crippen molar-refractivity contribution in [1.29, 1.82) is 0 Å². The van der Waals surface area contributed by atoms with Crippen LogP contribution in [0.4, 0.5) is 0 Å². The van der Waals surface area contributed by atoms with E-state index in [0.717, 1.165) is 42.4 Å². The van der Waals surface area contributed by atoms with E-state index in [2.05, 4.69) is 27.3 Å². The summed E-state index contributed by atoms with van der Waals surface area (Å²) < 4.78 is 5.66. The van der Waals surface area contributed by atoms with Crippen LogP contribution in [0.1, 0.15) is 18.4 Å². The molecule has 0 aromatic heterocycles. The summed E-state index contributed by atoms with van der Waals surface area (Å²) in [6, 6.07) is 7.97. The molecule has 2 aliphatic rings. The second-order valence-electron chi connectivity index (χ2n) is 5.34. The van der Waals surface area contributed by atoms with Crippen molar-refractivity contribution in [2.45, 2.75) is 24.7 Å².